The van der Waals surface area contributed by atoms with Gasteiger partial charge in [0.1, 0.15) is 11.9 Å². The number of rotatable bonds is 6. The number of hydrogen-bond donors (Lipinski definition) is 4. The maximum atomic E-state index is 4.59. The maximum absolute atomic E-state index is 4.59. The molecule has 1 unspecified atom stereocenters. The molecule has 7 heteroatoms. The third-order valence-corrected chi connectivity index (χ3v) is 5.92. The zero-order chi connectivity index (χ0) is 22.0. The van der Waals surface area contributed by atoms with Gasteiger partial charge in [-0.3, -0.25) is 15.1 Å². The van der Waals surface area contributed by atoms with Crippen LogP contribution in [0.5, 0.6) is 0 Å². The first-order valence-corrected chi connectivity index (χ1v) is 11.0. The number of hydrogen-bond acceptors (Lipinski definition) is 6. The summed E-state index contributed by atoms with van der Waals surface area (Å²) in [5, 5.41) is 19.3. The minimum atomic E-state index is -0.111. The van der Waals surface area contributed by atoms with E-state index in [1.807, 2.05) is 30.7 Å². The molecule has 33 heavy (non-hydrogen) atoms. The molecule has 0 amide bonds. The number of nitrogens with one attached hydrogen (secondary N) is 4. The van der Waals surface area contributed by atoms with E-state index in [2.05, 4.69) is 84.6 Å². The lowest BCUT2D eigenvalue weighted by Gasteiger charge is -2.11. The second-order valence-corrected chi connectivity index (χ2v) is 8.18. The average molecular weight is 434 g/mol. The highest BCUT2D eigenvalue weighted by Gasteiger charge is 2.25. The van der Waals surface area contributed by atoms with E-state index >= 15 is 0 Å². The Balaban J connectivity index is 1.23. The number of aromatic nitrogens is 4. The molecule has 1 aliphatic heterocycles. The zero-order valence-electron chi connectivity index (χ0n) is 17.9. The summed E-state index contributed by atoms with van der Waals surface area (Å²) < 4.78 is 0. The van der Waals surface area contributed by atoms with Gasteiger partial charge in [-0.2, -0.15) is 5.10 Å². The van der Waals surface area contributed by atoms with Gasteiger partial charge in [0, 0.05) is 42.6 Å². The molecule has 4 N–H and O–H groups in total. The molecule has 7 nitrogen and oxygen atoms in total. The molecular weight excluding hydrogens is 410 g/mol. The molecule has 0 saturated carbocycles. The van der Waals surface area contributed by atoms with Crippen LogP contribution in [0.4, 0.5) is 11.4 Å². The van der Waals surface area contributed by atoms with Crippen molar-refractivity contribution in [2.45, 2.75) is 19.3 Å². The average Bonchev–Trinajstić information content (AvgIpc) is 3.48. The summed E-state index contributed by atoms with van der Waals surface area (Å²) in [5.74, 6) is 0. The summed E-state index contributed by atoms with van der Waals surface area (Å²) in [6, 6.07) is 20.9. The quantitative estimate of drug-likeness (QED) is 0.306. The van der Waals surface area contributed by atoms with Crippen LogP contribution in [-0.2, 0) is 13.1 Å². The summed E-state index contributed by atoms with van der Waals surface area (Å²) in [5.41, 5.74) is 8.56. The van der Waals surface area contributed by atoms with Gasteiger partial charge in [-0.15, -0.1) is 0 Å². The van der Waals surface area contributed by atoms with E-state index in [-0.39, 0.29) is 6.17 Å². The van der Waals surface area contributed by atoms with Gasteiger partial charge in [0.25, 0.3) is 0 Å². The predicted molar refractivity (Wildman–Crippen MR) is 131 cm³/mol. The fraction of sp³-hybridized carbons (Fsp3) is 0.115. The molecule has 0 saturated heterocycles. The van der Waals surface area contributed by atoms with E-state index in [0.717, 1.165) is 57.8 Å². The van der Waals surface area contributed by atoms with Crippen molar-refractivity contribution < 1.29 is 0 Å². The largest absolute Gasteiger partial charge is 0.359 e. The lowest BCUT2D eigenvalue weighted by molar-refractivity contribution is 0.691. The van der Waals surface area contributed by atoms with Crippen LogP contribution in [0, 0.1) is 0 Å². The zero-order valence-corrected chi connectivity index (χ0v) is 17.9. The number of benzene rings is 2. The number of pyridine rings is 2. The van der Waals surface area contributed by atoms with Crippen LogP contribution in [0.15, 0.2) is 85.5 Å². The third kappa shape index (κ3) is 3.90. The van der Waals surface area contributed by atoms with Crippen molar-refractivity contribution >= 4 is 22.3 Å². The van der Waals surface area contributed by atoms with E-state index in [4.69, 9.17) is 0 Å². The van der Waals surface area contributed by atoms with Crippen LogP contribution in [0.25, 0.3) is 22.0 Å². The second kappa shape index (κ2) is 8.37. The fourth-order valence-electron chi connectivity index (χ4n) is 4.24. The summed E-state index contributed by atoms with van der Waals surface area (Å²) in [6.07, 6.45) is 7.33. The van der Waals surface area contributed by atoms with Gasteiger partial charge in [0.2, 0.25) is 0 Å². The molecule has 0 radical (unpaired) electrons. The Hall–Kier alpha value is -4.23. The molecule has 1 aliphatic rings. The number of fused-ring (bicyclic) bond motifs is 2. The van der Waals surface area contributed by atoms with Crippen LogP contribution in [0.2, 0.25) is 0 Å². The predicted octanol–water partition coefficient (Wildman–Crippen LogP) is 4.85. The van der Waals surface area contributed by atoms with E-state index in [1.165, 1.54) is 5.56 Å². The molecule has 6 rings (SSSR count). The number of aromatic amines is 1. The highest BCUT2D eigenvalue weighted by molar-refractivity contribution is 5.88. The molecule has 5 aromatic rings. The van der Waals surface area contributed by atoms with Gasteiger partial charge in [0.05, 0.1) is 23.1 Å². The van der Waals surface area contributed by atoms with Crippen LogP contribution < -0.4 is 16.0 Å². The van der Waals surface area contributed by atoms with Gasteiger partial charge in [-0.25, -0.2) is 0 Å². The minimum absolute atomic E-state index is 0.111. The van der Waals surface area contributed by atoms with Crippen molar-refractivity contribution in [3.8, 4) is 11.1 Å². The monoisotopic (exact) mass is 433 g/mol. The number of anilines is 2. The summed E-state index contributed by atoms with van der Waals surface area (Å²) in [7, 11) is 0. The van der Waals surface area contributed by atoms with Gasteiger partial charge in [-0.1, -0.05) is 36.4 Å². The summed E-state index contributed by atoms with van der Waals surface area (Å²) in [6.45, 7) is 1.59. The first kappa shape index (κ1) is 19.5. The van der Waals surface area contributed by atoms with Crippen molar-refractivity contribution in [1.82, 2.24) is 25.5 Å². The highest BCUT2D eigenvalue weighted by atomic mass is 15.2. The Kier molecular flexibility index (Phi) is 4.93. The molecule has 4 heterocycles. The van der Waals surface area contributed by atoms with Crippen molar-refractivity contribution in [3.05, 3.63) is 102 Å². The van der Waals surface area contributed by atoms with E-state index < -0.39 is 0 Å². The lowest BCUT2D eigenvalue weighted by Crippen LogP contribution is -2.13. The maximum Gasteiger partial charge on any atom is 0.143 e. The Labute approximate surface area is 191 Å². The molecule has 1 atom stereocenters. The topological polar surface area (TPSA) is 90.5 Å². The van der Waals surface area contributed by atoms with Gasteiger partial charge in [-0.05, 0) is 41.0 Å². The van der Waals surface area contributed by atoms with Crippen molar-refractivity contribution in [2.75, 3.05) is 10.6 Å². The van der Waals surface area contributed by atoms with E-state index in [9.17, 15) is 0 Å². The minimum Gasteiger partial charge on any atom is -0.359 e. The Bertz CT molecular complexity index is 1390. The van der Waals surface area contributed by atoms with Crippen LogP contribution in [0.1, 0.15) is 23.0 Å². The second-order valence-electron chi connectivity index (χ2n) is 8.18. The smallest absolute Gasteiger partial charge is 0.143 e. The third-order valence-electron chi connectivity index (χ3n) is 5.92. The first-order chi connectivity index (χ1) is 16.3. The highest BCUT2D eigenvalue weighted by Crippen LogP contribution is 2.36. The molecule has 162 valence electrons. The van der Waals surface area contributed by atoms with Crippen molar-refractivity contribution in [2.24, 2.45) is 0 Å². The van der Waals surface area contributed by atoms with Crippen LogP contribution in [-0.4, -0.2) is 20.2 Å². The lowest BCUT2D eigenvalue weighted by atomic mass is 10.0. The number of H-pyrrole nitrogens is 1. The van der Waals surface area contributed by atoms with Crippen molar-refractivity contribution in [1.29, 1.82) is 0 Å². The molecule has 2 aromatic carbocycles. The van der Waals surface area contributed by atoms with Gasteiger partial charge in [0.15, 0.2) is 0 Å². The molecule has 0 spiro atoms. The molecule has 3 aromatic heterocycles. The Morgan fingerprint density at radius 1 is 0.758 bits per heavy atom. The van der Waals surface area contributed by atoms with E-state index in [0.29, 0.717) is 0 Å². The number of nitrogens with zero attached hydrogens (tertiary/aromatic N) is 3. The molecule has 0 bridgehead atoms. The fourth-order valence-corrected chi connectivity index (χ4v) is 4.24. The van der Waals surface area contributed by atoms with Gasteiger partial charge < -0.3 is 16.0 Å². The molecular formula is C26H23N7. The SMILES string of the molecule is c1ccc(CNCc2cncc(-c3ccc4[nH]nc(C5Nc6ccncc6N5)c4c3)c2)cc1. The first-order valence-electron chi connectivity index (χ1n) is 11.0. The Morgan fingerprint density at radius 2 is 1.64 bits per heavy atom. The van der Waals surface area contributed by atoms with E-state index in [1.54, 1.807) is 6.20 Å². The standard InChI is InChI=1S/C26H23N7/c1-2-4-17(5-3-1)12-28-13-18-10-20(15-29-14-18)19-6-7-22-21(11-19)25(33-32-22)26-30-23-8-9-27-16-24(23)31-26/h1-11,14-16,26,28,30-31H,12-13H2,(H,32,33). The normalized spacial score (nSPS) is 14.6. The Morgan fingerprint density at radius 3 is 2.55 bits per heavy atom. The summed E-state index contributed by atoms with van der Waals surface area (Å²) >= 11 is 0. The molecule has 0 aliphatic carbocycles. The van der Waals surface area contributed by atoms with Gasteiger partial charge >= 0.3 is 0 Å². The van der Waals surface area contributed by atoms with Crippen LogP contribution in [0.3, 0.4) is 0 Å². The van der Waals surface area contributed by atoms with Crippen LogP contribution >= 0.6 is 0 Å². The van der Waals surface area contributed by atoms with Crippen molar-refractivity contribution in [3.63, 3.8) is 0 Å². The molecule has 0 fully saturated rings. The summed E-state index contributed by atoms with van der Waals surface area (Å²) in [4.78, 5) is 8.68.